The summed E-state index contributed by atoms with van der Waals surface area (Å²) < 4.78 is 1.44. The molecule has 0 bridgehead atoms. The van der Waals surface area contributed by atoms with Crippen LogP contribution in [0.1, 0.15) is 122 Å². The van der Waals surface area contributed by atoms with Crippen molar-refractivity contribution in [3.05, 3.63) is 44.5 Å². The molecule has 1 unspecified atom stereocenters. The first-order valence-corrected chi connectivity index (χ1v) is 12.9. The topological polar surface area (TPSA) is 59.3 Å². The van der Waals surface area contributed by atoms with Crippen LogP contribution in [0.2, 0.25) is 0 Å². The maximum Gasteiger partial charge on any atom is 0.250 e. The van der Waals surface area contributed by atoms with Gasteiger partial charge in [-0.05, 0) is 25.7 Å². The Morgan fingerprint density at radius 3 is 1.81 bits per heavy atom. The van der Waals surface area contributed by atoms with Gasteiger partial charge in [0.1, 0.15) is 0 Å². The second kappa shape index (κ2) is 18.2. The van der Waals surface area contributed by atoms with Gasteiger partial charge in [0.25, 0.3) is 5.56 Å². The van der Waals surface area contributed by atoms with Gasteiger partial charge >= 0.3 is 0 Å². The Bertz CT molecular complexity index is 683. The molecule has 0 saturated carbocycles. The molecule has 1 aromatic heterocycles. The molecule has 0 aliphatic carbocycles. The summed E-state index contributed by atoms with van der Waals surface area (Å²) in [4.78, 5) is 23.8. The predicted molar refractivity (Wildman–Crippen MR) is 132 cm³/mol. The van der Waals surface area contributed by atoms with Gasteiger partial charge < -0.3 is 9.67 Å². The van der Waals surface area contributed by atoms with Crippen molar-refractivity contribution in [3.8, 4) is 0 Å². The van der Waals surface area contributed by atoms with E-state index in [1.807, 2.05) is 0 Å². The van der Waals surface area contributed by atoms with Crippen LogP contribution in [0.5, 0.6) is 0 Å². The zero-order chi connectivity index (χ0) is 22.7. The van der Waals surface area contributed by atoms with E-state index in [9.17, 15) is 14.7 Å². The summed E-state index contributed by atoms with van der Waals surface area (Å²) in [5.74, 6) is 0. The molecule has 0 spiro atoms. The Hall–Kier alpha value is -1.42. The molecule has 0 fully saturated rings. The van der Waals surface area contributed by atoms with Gasteiger partial charge in [0.05, 0.1) is 6.10 Å². The number of hydrogen-bond acceptors (Lipinski definition) is 3. The molecule has 0 amide bonds. The smallest absolute Gasteiger partial charge is 0.250 e. The molecule has 1 aromatic rings. The van der Waals surface area contributed by atoms with Gasteiger partial charge in [-0.25, -0.2) is 0 Å². The molecule has 0 radical (unpaired) electrons. The fraction of sp³-hybridized carbons (Fsp3) is 0.778. The highest BCUT2D eigenvalue weighted by atomic mass is 16.3. The average molecular weight is 434 g/mol. The van der Waals surface area contributed by atoms with Gasteiger partial charge in [-0.1, -0.05) is 96.8 Å². The normalized spacial score (nSPS) is 12.2. The van der Waals surface area contributed by atoms with E-state index in [1.165, 1.54) is 93.7 Å². The Labute approximate surface area is 190 Å². The van der Waals surface area contributed by atoms with E-state index in [1.54, 1.807) is 13.2 Å². The third-order valence-corrected chi connectivity index (χ3v) is 6.29. The molecule has 1 atom stereocenters. The Kier molecular flexibility index (Phi) is 16.2. The quantitative estimate of drug-likeness (QED) is 0.260. The van der Waals surface area contributed by atoms with Gasteiger partial charge in [-0.2, -0.15) is 0 Å². The van der Waals surface area contributed by atoms with Gasteiger partial charge in [-0.15, -0.1) is 0 Å². The van der Waals surface area contributed by atoms with Crippen molar-refractivity contribution in [2.45, 2.75) is 129 Å². The van der Waals surface area contributed by atoms with Gasteiger partial charge in [0, 0.05) is 30.9 Å². The van der Waals surface area contributed by atoms with Crippen LogP contribution >= 0.6 is 0 Å². The Balaban J connectivity index is 1.94. The van der Waals surface area contributed by atoms with Crippen LogP contribution in [0.4, 0.5) is 0 Å². The van der Waals surface area contributed by atoms with Crippen molar-refractivity contribution in [2.24, 2.45) is 7.05 Å². The molecular weight excluding hydrogens is 386 g/mol. The van der Waals surface area contributed by atoms with Gasteiger partial charge in [0.15, 0.2) is 5.43 Å². The van der Waals surface area contributed by atoms with Crippen molar-refractivity contribution in [1.82, 2.24) is 4.57 Å². The van der Waals surface area contributed by atoms with Crippen molar-refractivity contribution in [1.29, 1.82) is 0 Å². The summed E-state index contributed by atoms with van der Waals surface area (Å²) >= 11 is 0. The number of aliphatic hydroxyl groups excluding tert-OH is 1. The zero-order valence-electron chi connectivity index (χ0n) is 20.2. The van der Waals surface area contributed by atoms with Crippen LogP contribution < -0.4 is 11.0 Å². The monoisotopic (exact) mass is 433 g/mol. The fourth-order valence-corrected chi connectivity index (χ4v) is 4.11. The number of aromatic nitrogens is 1. The lowest BCUT2D eigenvalue weighted by molar-refractivity contribution is 0.147. The van der Waals surface area contributed by atoms with Crippen LogP contribution in [0.25, 0.3) is 0 Å². The van der Waals surface area contributed by atoms with Crippen LogP contribution in [0, 0.1) is 0 Å². The minimum Gasteiger partial charge on any atom is -0.393 e. The van der Waals surface area contributed by atoms with Crippen LogP contribution in [0.15, 0.2) is 27.9 Å². The number of unbranched alkanes of at least 4 members (excludes halogenated alkanes) is 13. The largest absolute Gasteiger partial charge is 0.393 e. The molecule has 0 saturated heterocycles. The predicted octanol–water partition coefficient (Wildman–Crippen LogP) is 6.30. The summed E-state index contributed by atoms with van der Waals surface area (Å²) in [6.45, 7) is 2.26. The number of aryl methyl sites for hydroxylation is 2. The van der Waals surface area contributed by atoms with E-state index in [4.69, 9.17) is 0 Å². The van der Waals surface area contributed by atoms with E-state index >= 15 is 0 Å². The molecule has 4 nitrogen and oxygen atoms in total. The maximum atomic E-state index is 12.0. The number of hydrogen-bond donors (Lipinski definition) is 1. The van der Waals surface area contributed by atoms with Crippen molar-refractivity contribution in [3.63, 3.8) is 0 Å². The first-order valence-electron chi connectivity index (χ1n) is 12.9. The van der Waals surface area contributed by atoms with E-state index < -0.39 is 0 Å². The molecule has 4 heteroatoms. The lowest BCUT2D eigenvalue weighted by Crippen LogP contribution is -2.12. The first-order chi connectivity index (χ1) is 15.0. The maximum absolute atomic E-state index is 12.0. The zero-order valence-corrected chi connectivity index (χ0v) is 20.2. The molecule has 1 rings (SSSR count). The highest BCUT2D eigenvalue weighted by molar-refractivity contribution is 5.11. The highest BCUT2D eigenvalue weighted by Gasteiger charge is 2.04. The van der Waals surface area contributed by atoms with E-state index in [2.05, 4.69) is 6.92 Å². The summed E-state index contributed by atoms with van der Waals surface area (Å²) in [6.07, 6.45) is 22.6. The van der Waals surface area contributed by atoms with Crippen molar-refractivity contribution >= 4 is 0 Å². The van der Waals surface area contributed by atoms with Crippen molar-refractivity contribution < 1.29 is 5.11 Å². The number of nitrogens with zero attached hydrogens (tertiary/aromatic N) is 1. The van der Waals surface area contributed by atoms with E-state index in [0.717, 1.165) is 32.1 Å². The van der Waals surface area contributed by atoms with Crippen LogP contribution in [-0.4, -0.2) is 15.8 Å². The van der Waals surface area contributed by atoms with Crippen LogP contribution in [0.3, 0.4) is 0 Å². The first kappa shape index (κ1) is 27.6. The van der Waals surface area contributed by atoms with Gasteiger partial charge in [-0.3, -0.25) is 9.59 Å². The van der Waals surface area contributed by atoms with E-state index in [-0.39, 0.29) is 17.1 Å². The third kappa shape index (κ3) is 14.3. The molecule has 1 N–H and O–H groups in total. The summed E-state index contributed by atoms with van der Waals surface area (Å²) in [5, 5.41) is 10.1. The summed E-state index contributed by atoms with van der Waals surface area (Å²) in [6, 6.07) is 2.97. The minimum absolute atomic E-state index is 0.0387. The second-order valence-corrected chi connectivity index (χ2v) is 9.23. The molecule has 31 heavy (non-hydrogen) atoms. The molecule has 178 valence electrons. The van der Waals surface area contributed by atoms with Crippen molar-refractivity contribution in [2.75, 3.05) is 0 Å². The van der Waals surface area contributed by atoms with Crippen LogP contribution in [-0.2, 0) is 13.5 Å². The Morgan fingerprint density at radius 1 is 0.774 bits per heavy atom. The Morgan fingerprint density at radius 2 is 1.26 bits per heavy atom. The molecule has 0 aliphatic heterocycles. The fourth-order valence-electron chi connectivity index (χ4n) is 4.11. The summed E-state index contributed by atoms with van der Waals surface area (Å²) in [5.41, 5.74) is 0.473. The SMILES string of the molecule is CCCCCCCCCCC(O)CCCCCCCCCc1cc(=O)n(C)ccc1=O. The average Bonchev–Trinajstić information content (AvgIpc) is 2.87. The number of aliphatic hydroxyl groups is 1. The molecule has 0 aromatic carbocycles. The lowest BCUT2D eigenvalue weighted by atomic mass is 10.0. The van der Waals surface area contributed by atoms with E-state index in [0.29, 0.717) is 12.0 Å². The molecule has 0 aliphatic rings. The lowest BCUT2D eigenvalue weighted by Gasteiger charge is -2.10. The highest BCUT2D eigenvalue weighted by Crippen LogP contribution is 2.15. The number of rotatable bonds is 19. The van der Waals surface area contributed by atoms with Gasteiger partial charge in [0.2, 0.25) is 0 Å². The minimum atomic E-state index is -0.123. The second-order valence-electron chi connectivity index (χ2n) is 9.23. The standard InChI is InChI=1S/C27H47NO3/c1-3-4-5-6-7-10-13-16-19-25(29)20-17-14-11-8-9-12-15-18-24-23-27(31)28(2)22-21-26(24)30/h21-23,25,29H,3-20H2,1-2H3. The third-order valence-electron chi connectivity index (χ3n) is 6.29. The summed E-state index contributed by atoms with van der Waals surface area (Å²) in [7, 11) is 1.67. The molecule has 1 heterocycles. The molecular formula is C27H47NO3.